The maximum Gasteiger partial charge on any atom is 0.169 e. The van der Waals surface area contributed by atoms with Crippen LogP contribution in [-0.4, -0.2) is 18.6 Å². The molecule has 4 heteroatoms. The number of ether oxygens (including phenoxy) is 2. The molecule has 0 bridgehead atoms. The summed E-state index contributed by atoms with van der Waals surface area (Å²) in [5, 5.41) is 3.13. The van der Waals surface area contributed by atoms with E-state index in [1.54, 1.807) is 12.4 Å². The van der Waals surface area contributed by atoms with Crippen molar-refractivity contribution in [3.05, 3.63) is 48.3 Å². The molecule has 18 heavy (non-hydrogen) atoms. The maximum absolute atomic E-state index is 6.00. The highest BCUT2D eigenvalue weighted by Crippen LogP contribution is 2.40. The number of nitrogens with one attached hydrogen (secondary N) is 1. The fourth-order valence-electron chi connectivity index (χ4n) is 2.03. The van der Waals surface area contributed by atoms with Crippen molar-refractivity contribution in [1.82, 2.24) is 10.3 Å². The lowest BCUT2D eigenvalue weighted by atomic mass is 10.1. The van der Waals surface area contributed by atoms with Gasteiger partial charge in [0.1, 0.15) is 11.9 Å². The number of likely N-dealkylation sites (N-methyl/N-ethyl adjacent to an activating group) is 1. The van der Waals surface area contributed by atoms with Crippen molar-refractivity contribution in [2.24, 2.45) is 0 Å². The van der Waals surface area contributed by atoms with Gasteiger partial charge in [-0.15, -0.1) is 0 Å². The number of rotatable bonds is 2. The van der Waals surface area contributed by atoms with Gasteiger partial charge in [-0.25, -0.2) is 0 Å². The number of aromatic nitrogens is 1. The molecule has 0 spiro atoms. The molecule has 1 aromatic heterocycles. The van der Waals surface area contributed by atoms with Crippen molar-refractivity contribution in [3.8, 4) is 17.2 Å². The van der Waals surface area contributed by atoms with Crippen LogP contribution < -0.4 is 14.8 Å². The third-order valence-corrected chi connectivity index (χ3v) is 2.88. The molecule has 1 N–H and O–H groups in total. The molecule has 1 aliphatic heterocycles. The highest BCUT2D eigenvalue weighted by molar-refractivity contribution is 5.47. The zero-order valence-corrected chi connectivity index (χ0v) is 10.1. The summed E-state index contributed by atoms with van der Waals surface area (Å²) in [5.41, 5.74) is 0.961. The third-order valence-electron chi connectivity index (χ3n) is 2.88. The Morgan fingerprint density at radius 2 is 2.00 bits per heavy atom. The molecule has 4 nitrogen and oxygen atoms in total. The summed E-state index contributed by atoms with van der Waals surface area (Å²) in [7, 11) is 1.90. The van der Waals surface area contributed by atoms with Crippen molar-refractivity contribution in [2.75, 3.05) is 13.6 Å². The van der Waals surface area contributed by atoms with Crippen molar-refractivity contribution < 1.29 is 9.47 Å². The quantitative estimate of drug-likeness (QED) is 0.878. The molecule has 92 valence electrons. The van der Waals surface area contributed by atoms with E-state index in [0.29, 0.717) is 6.54 Å². The molecule has 1 atom stereocenters. The smallest absolute Gasteiger partial charge is 0.169 e. The summed E-state index contributed by atoms with van der Waals surface area (Å²) in [6.07, 6.45) is 3.43. The highest BCUT2D eigenvalue weighted by atomic mass is 16.5. The highest BCUT2D eigenvalue weighted by Gasteiger charge is 2.23. The van der Waals surface area contributed by atoms with Gasteiger partial charge in [0.15, 0.2) is 11.5 Å². The Bertz CT molecular complexity index is 557. The van der Waals surface area contributed by atoms with E-state index in [-0.39, 0.29) is 6.10 Å². The van der Waals surface area contributed by atoms with E-state index in [2.05, 4.69) is 10.3 Å². The van der Waals surface area contributed by atoms with Gasteiger partial charge in [0.2, 0.25) is 0 Å². The van der Waals surface area contributed by atoms with E-state index >= 15 is 0 Å². The minimum Gasteiger partial charge on any atom is -0.480 e. The Hall–Kier alpha value is -2.07. The largest absolute Gasteiger partial charge is 0.480 e. The predicted molar refractivity (Wildman–Crippen MR) is 68.0 cm³/mol. The van der Waals surface area contributed by atoms with Crippen molar-refractivity contribution in [3.63, 3.8) is 0 Å². The number of fused-ring (bicyclic) bond motifs is 2. The Kier molecular flexibility index (Phi) is 2.86. The zero-order valence-electron chi connectivity index (χ0n) is 10.1. The first-order valence-corrected chi connectivity index (χ1v) is 5.90. The van der Waals surface area contributed by atoms with Gasteiger partial charge in [-0.3, -0.25) is 4.98 Å². The lowest BCUT2D eigenvalue weighted by molar-refractivity contribution is 0.207. The first-order valence-electron chi connectivity index (χ1n) is 5.90. The minimum atomic E-state index is -0.0950. The summed E-state index contributed by atoms with van der Waals surface area (Å²) in [6, 6.07) is 9.55. The standard InChI is InChI=1S/C14H14N2O2/c1-15-9-14-10-8-16-7-6-11(10)17-12-4-2-3-5-13(12)18-14/h2-8,14-15H,9H2,1H3/t14-/m1/s1. The van der Waals surface area contributed by atoms with Crippen LogP contribution in [0.15, 0.2) is 42.7 Å². The van der Waals surface area contributed by atoms with Crippen LogP contribution in [0.3, 0.4) is 0 Å². The monoisotopic (exact) mass is 242 g/mol. The summed E-state index contributed by atoms with van der Waals surface area (Å²) in [5.74, 6) is 2.30. The zero-order chi connectivity index (χ0) is 12.4. The second kappa shape index (κ2) is 4.66. The summed E-state index contributed by atoms with van der Waals surface area (Å²) < 4.78 is 11.9. The topological polar surface area (TPSA) is 43.4 Å². The van der Waals surface area contributed by atoms with Gasteiger partial charge < -0.3 is 14.8 Å². The number of pyridine rings is 1. The van der Waals surface area contributed by atoms with Crippen LogP contribution >= 0.6 is 0 Å². The van der Waals surface area contributed by atoms with Crippen LogP contribution in [0.4, 0.5) is 0 Å². The molecule has 0 radical (unpaired) electrons. The van der Waals surface area contributed by atoms with Crippen LogP contribution in [0.1, 0.15) is 11.7 Å². The van der Waals surface area contributed by atoms with Gasteiger partial charge in [-0.1, -0.05) is 12.1 Å². The van der Waals surface area contributed by atoms with Crippen LogP contribution in [0.5, 0.6) is 17.2 Å². The first-order chi connectivity index (χ1) is 8.88. The first kappa shape index (κ1) is 11.0. The van der Waals surface area contributed by atoms with E-state index in [9.17, 15) is 0 Å². The lowest BCUT2D eigenvalue weighted by Gasteiger charge is -2.16. The fraction of sp³-hybridized carbons (Fsp3) is 0.214. The number of nitrogens with zero attached hydrogens (tertiary/aromatic N) is 1. The van der Waals surface area contributed by atoms with Crippen molar-refractivity contribution in [1.29, 1.82) is 0 Å². The van der Waals surface area contributed by atoms with Crippen molar-refractivity contribution in [2.45, 2.75) is 6.10 Å². The van der Waals surface area contributed by atoms with Crippen LogP contribution in [-0.2, 0) is 0 Å². The normalized spacial score (nSPS) is 16.8. The molecule has 0 unspecified atom stereocenters. The summed E-state index contributed by atoms with van der Waals surface area (Å²) in [4.78, 5) is 4.15. The average molecular weight is 242 g/mol. The van der Waals surface area contributed by atoms with Crippen molar-refractivity contribution >= 4 is 0 Å². The molecule has 0 aliphatic carbocycles. The summed E-state index contributed by atoms with van der Waals surface area (Å²) in [6.45, 7) is 0.705. The van der Waals surface area contributed by atoms with Crippen LogP contribution in [0.2, 0.25) is 0 Å². The molecule has 0 amide bonds. The number of hydrogen-bond donors (Lipinski definition) is 1. The van der Waals surface area contributed by atoms with Gasteiger partial charge in [0.25, 0.3) is 0 Å². The van der Waals surface area contributed by atoms with Gasteiger partial charge in [0, 0.05) is 18.9 Å². The van der Waals surface area contributed by atoms with Gasteiger partial charge in [0.05, 0.1) is 5.56 Å². The van der Waals surface area contributed by atoms with E-state index < -0.39 is 0 Å². The molecule has 1 aromatic carbocycles. The number of hydrogen-bond acceptors (Lipinski definition) is 4. The number of benzene rings is 1. The van der Waals surface area contributed by atoms with E-state index in [1.807, 2.05) is 37.4 Å². The molecule has 2 aromatic rings. The Morgan fingerprint density at radius 3 is 2.83 bits per heavy atom. The third kappa shape index (κ3) is 1.91. The molecule has 0 saturated carbocycles. The van der Waals surface area contributed by atoms with Crippen LogP contribution in [0, 0.1) is 0 Å². The van der Waals surface area contributed by atoms with E-state index in [0.717, 1.165) is 22.8 Å². The van der Waals surface area contributed by atoms with E-state index in [4.69, 9.17) is 9.47 Å². The second-order valence-corrected chi connectivity index (χ2v) is 4.13. The maximum atomic E-state index is 6.00. The molecule has 0 fully saturated rings. The predicted octanol–water partition coefficient (Wildman–Crippen LogP) is 2.53. The number of para-hydroxylation sites is 2. The molecule has 1 aliphatic rings. The molecular weight excluding hydrogens is 228 g/mol. The molecule has 3 rings (SSSR count). The molecule has 2 heterocycles. The summed E-state index contributed by atoms with van der Waals surface area (Å²) >= 11 is 0. The fourth-order valence-corrected chi connectivity index (χ4v) is 2.03. The second-order valence-electron chi connectivity index (χ2n) is 4.13. The lowest BCUT2D eigenvalue weighted by Crippen LogP contribution is -2.21. The van der Waals surface area contributed by atoms with Crippen LogP contribution in [0.25, 0.3) is 0 Å². The Balaban J connectivity index is 2.08. The van der Waals surface area contributed by atoms with Gasteiger partial charge >= 0.3 is 0 Å². The molecule has 0 saturated heterocycles. The average Bonchev–Trinajstić information content (AvgIpc) is 2.56. The van der Waals surface area contributed by atoms with Gasteiger partial charge in [-0.05, 0) is 25.2 Å². The Labute approximate surface area is 106 Å². The van der Waals surface area contributed by atoms with Gasteiger partial charge in [-0.2, -0.15) is 0 Å². The Morgan fingerprint density at radius 1 is 1.17 bits per heavy atom. The SMILES string of the molecule is CNC[C@H]1Oc2ccccc2Oc2ccncc21. The molecular formula is C14H14N2O2. The van der Waals surface area contributed by atoms with E-state index in [1.165, 1.54) is 0 Å². The minimum absolute atomic E-state index is 0.0950.